The van der Waals surface area contributed by atoms with E-state index < -0.39 is 6.17 Å². The van der Waals surface area contributed by atoms with Gasteiger partial charge in [-0.1, -0.05) is 24.3 Å². The van der Waals surface area contributed by atoms with Gasteiger partial charge in [-0.3, -0.25) is 4.79 Å². The number of phenolic OH excluding ortho intramolecular Hbond substituents is 1. The number of furan rings is 1. The lowest BCUT2D eigenvalue weighted by Crippen LogP contribution is -2.42. The molecule has 1 aromatic heterocycles. The van der Waals surface area contributed by atoms with E-state index in [1.807, 2.05) is 31.2 Å². The van der Waals surface area contributed by atoms with Crippen LogP contribution in [0.1, 0.15) is 34.8 Å². The Labute approximate surface area is 157 Å². The van der Waals surface area contributed by atoms with Crippen molar-refractivity contribution in [3.63, 3.8) is 0 Å². The molecule has 0 bridgehead atoms. The van der Waals surface area contributed by atoms with Gasteiger partial charge in [0.15, 0.2) is 11.5 Å². The lowest BCUT2D eigenvalue weighted by atomic mass is 10.0. The summed E-state index contributed by atoms with van der Waals surface area (Å²) in [6.45, 7) is 2.57. The summed E-state index contributed by atoms with van der Waals surface area (Å²) >= 11 is 0. The van der Waals surface area contributed by atoms with Gasteiger partial charge in [0.2, 0.25) is 0 Å². The van der Waals surface area contributed by atoms with Crippen LogP contribution in [0, 0.1) is 0 Å². The summed E-state index contributed by atoms with van der Waals surface area (Å²) in [6.07, 6.45) is 1.02. The molecule has 0 spiro atoms. The Hall–Kier alpha value is -3.41. The van der Waals surface area contributed by atoms with Gasteiger partial charge < -0.3 is 24.5 Å². The number of hydrogen-bond donors (Lipinski definition) is 2. The molecule has 3 aromatic rings. The van der Waals surface area contributed by atoms with Crippen LogP contribution in [0.3, 0.4) is 0 Å². The maximum atomic E-state index is 13.2. The first-order chi connectivity index (χ1) is 13.2. The van der Waals surface area contributed by atoms with Crippen molar-refractivity contribution in [3.8, 4) is 11.5 Å². The van der Waals surface area contributed by atoms with Gasteiger partial charge in [0.1, 0.15) is 11.9 Å². The molecule has 1 amide bonds. The van der Waals surface area contributed by atoms with Crippen LogP contribution >= 0.6 is 0 Å². The SMILES string of the molecule is CCOc1cccc(C2Nc3ccccc3C(=O)N2Cc2ccco2)c1O. The van der Waals surface area contributed by atoms with Gasteiger partial charge in [-0.2, -0.15) is 0 Å². The molecule has 0 radical (unpaired) electrons. The van der Waals surface area contributed by atoms with E-state index in [2.05, 4.69) is 5.32 Å². The van der Waals surface area contributed by atoms with E-state index in [1.54, 1.807) is 41.5 Å². The minimum atomic E-state index is -0.557. The molecule has 6 heteroatoms. The molecule has 0 saturated heterocycles. The van der Waals surface area contributed by atoms with Crippen molar-refractivity contribution in [3.05, 3.63) is 77.7 Å². The topological polar surface area (TPSA) is 74.9 Å². The van der Waals surface area contributed by atoms with E-state index in [1.165, 1.54) is 0 Å². The maximum Gasteiger partial charge on any atom is 0.258 e. The monoisotopic (exact) mass is 364 g/mol. The van der Waals surface area contributed by atoms with Crippen molar-refractivity contribution >= 4 is 11.6 Å². The number of aromatic hydroxyl groups is 1. The van der Waals surface area contributed by atoms with E-state index in [9.17, 15) is 9.90 Å². The highest BCUT2D eigenvalue weighted by Gasteiger charge is 2.35. The van der Waals surface area contributed by atoms with Crippen molar-refractivity contribution in [2.24, 2.45) is 0 Å². The Morgan fingerprint density at radius 1 is 1.15 bits per heavy atom. The van der Waals surface area contributed by atoms with Crippen molar-refractivity contribution < 1.29 is 19.1 Å². The summed E-state index contributed by atoms with van der Waals surface area (Å²) in [5, 5.41) is 14.1. The quantitative estimate of drug-likeness (QED) is 0.711. The third-order valence-electron chi connectivity index (χ3n) is 4.55. The molecule has 2 aromatic carbocycles. The summed E-state index contributed by atoms with van der Waals surface area (Å²) < 4.78 is 10.9. The second-order valence-corrected chi connectivity index (χ2v) is 6.23. The number of nitrogens with zero attached hydrogens (tertiary/aromatic N) is 1. The summed E-state index contributed by atoms with van der Waals surface area (Å²) in [5.41, 5.74) is 1.88. The second-order valence-electron chi connectivity index (χ2n) is 6.23. The number of para-hydroxylation sites is 2. The van der Waals surface area contributed by atoms with E-state index in [4.69, 9.17) is 9.15 Å². The van der Waals surface area contributed by atoms with Crippen LogP contribution in [0.2, 0.25) is 0 Å². The van der Waals surface area contributed by atoms with Crippen LogP contribution in [0.4, 0.5) is 5.69 Å². The minimum Gasteiger partial charge on any atom is -0.504 e. The average Bonchev–Trinajstić information content (AvgIpc) is 3.19. The van der Waals surface area contributed by atoms with E-state index in [-0.39, 0.29) is 18.2 Å². The number of ether oxygens (including phenoxy) is 1. The van der Waals surface area contributed by atoms with Crippen molar-refractivity contribution in [1.82, 2.24) is 4.90 Å². The van der Waals surface area contributed by atoms with Crippen LogP contribution in [0.5, 0.6) is 11.5 Å². The smallest absolute Gasteiger partial charge is 0.258 e. The van der Waals surface area contributed by atoms with Crippen molar-refractivity contribution in [1.29, 1.82) is 0 Å². The van der Waals surface area contributed by atoms with E-state index in [0.29, 0.717) is 29.2 Å². The summed E-state index contributed by atoms with van der Waals surface area (Å²) in [6, 6.07) is 16.2. The van der Waals surface area contributed by atoms with Gasteiger partial charge in [-0.15, -0.1) is 0 Å². The lowest BCUT2D eigenvalue weighted by molar-refractivity contribution is 0.0649. The zero-order valence-electron chi connectivity index (χ0n) is 14.9. The van der Waals surface area contributed by atoms with E-state index >= 15 is 0 Å². The van der Waals surface area contributed by atoms with Crippen LogP contribution in [0.25, 0.3) is 0 Å². The highest BCUT2D eigenvalue weighted by atomic mass is 16.5. The number of benzene rings is 2. The number of amides is 1. The number of rotatable bonds is 5. The second kappa shape index (κ2) is 7.07. The van der Waals surface area contributed by atoms with Crippen molar-refractivity contribution in [2.45, 2.75) is 19.6 Å². The zero-order chi connectivity index (χ0) is 18.8. The molecule has 1 aliphatic heterocycles. The van der Waals surface area contributed by atoms with Crippen molar-refractivity contribution in [2.75, 3.05) is 11.9 Å². The molecule has 138 valence electrons. The molecule has 2 N–H and O–H groups in total. The first-order valence-electron chi connectivity index (χ1n) is 8.82. The maximum absolute atomic E-state index is 13.2. The molecular formula is C21H20N2O4. The Morgan fingerprint density at radius 2 is 2.00 bits per heavy atom. The van der Waals surface area contributed by atoms with Gasteiger partial charge in [0, 0.05) is 11.3 Å². The third-order valence-corrected chi connectivity index (χ3v) is 4.55. The summed E-state index contributed by atoms with van der Waals surface area (Å²) in [7, 11) is 0. The first-order valence-corrected chi connectivity index (χ1v) is 8.82. The number of carbonyl (C=O) groups is 1. The molecule has 4 rings (SSSR count). The molecule has 2 heterocycles. The van der Waals surface area contributed by atoms with Gasteiger partial charge >= 0.3 is 0 Å². The third kappa shape index (κ3) is 3.10. The summed E-state index contributed by atoms with van der Waals surface area (Å²) in [5.74, 6) is 0.941. The fraction of sp³-hybridized carbons (Fsp3) is 0.190. The summed E-state index contributed by atoms with van der Waals surface area (Å²) in [4.78, 5) is 14.8. The predicted octanol–water partition coefficient (Wildman–Crippen LogP) is 4.15. The Balaban J connectivity index is 1.79. The zero-order valence-corrected chi connectivity index (χ0v) is 14.9. The Kier molecular flexibility index (Phi) is 4.46. The van der Waals surface area contributed by atoms with E-state index in [0.717, 1.165) is 5.69 Å². The Bertz CT molecular complexity index is 953. The van der Waals surface area contributed by atoms with Crippen LogP contribution in [0.15, 0.2) is 65.3 Å². The normalized spacial score (nSPS) is 16.0. The van der Waals surface area contributed by atoms with Gasteiger partial charge in [-0.25, -0.2) is 0 Å². The lowest BCUT2D eigenvalue weighted by Gasteiger charge is -2.38. The number of anilines is 1. The molecule has 6 nitrogen and oxygen atoms in total. The molecule has 0 fully saturated rings. The predicted molar refractivity (Wildman–Crippen MR) is 101 cm³/mol. The number of carbonyl (C=O) groups excluding carboxylic acids is 1. The van der Waals surface area contributed by atoms with Gasteiger partial charge in [-0.05, 0) is 37.3 Å². The molecule has 1 aliphatic rings. The number of fused-ring (bicyclic) bond motifs is 1. The highest BCUT2D eigenvalue weighted by Crippen LogP contribution is 2.40. The molecule has 1 atom stereocenters. The molecule has 1 unspecified atom stereocenters. The highest BCUT2D eigenvalue weighted by molar-refractivity contribution is 6.01. The fourth-order valence-electron chi connectivity index (χ4n) is 3.30. The number of nitrogens with one attached hydrogen (secondary N) is 1. The molecular weight excluding hydrogens is 344 g/mol. The molecule has 0 aliphatic carbocycles. The average molecular weight is 364 g/mol. The minimum absolute atomic E-state index is 0.0217. The number of phenols is 1. The standard InChI is InChI=1S/C21H20N2O4/c1-2-26-18-11-5-9-16(19(18)24)20-22-17-10-4-3-8-15(17)21(25)23(20)13-14-7-6-12-27-14/h3-12,20,22,24H,2,13H2,1H3. The Morgan fingerprint density at radius 3 is 2.78 bits per heavy atom. The van der Waals surface area contributed by atoms with Crippen LogP contribution < -0.4 is 10.1 Å². The number of hydrogen-bond acceptors (Lipinski definition) is 5. The first kappa shape index (κ1) is 17.0. The van der Waals surface area contributed by atoms with Crippen LogP contribution in [-0.2, 0) is 6.54 Å². The largest absolute Gasteiger partial charge is 0.504 e. The fourth-order valence-corrected chi connectivity index (χ4v) is 3.30. The van der Waals surface area contributed by atoms with Crippen LogP contribution in [-0.4, -0.2) is 22.5 Å². The molecule has 0 saturated carbocycles. The van der Waals surface area contributed by atoms with Gasteiger partial charge in [0.05, 0.1) is 25.0 Å². The van der Waals surface area contributed by atoms with Gasteiger partial charge in [0.25, 0.3) is 5.91 Å². The molecule has 27 heavy (non-hydrogen) atoms.